The molecule has 0 amide bonds. The van der Waals surface area contributed by atoms with Crippen LogP contribution < -0.4 is 0 Å². The first-order chi connectivity index (χ1) is 11.9. The van der Waals surface area contributed by atoms with Gasteiger partial charge in [-0.15, -0.1) is 0 Å². The van der Waals surface area contributed by atoms with Crippen LogP contribution in [0.5, 0.6) is 0 Å². The highest BCUT2D eigenvalue weighted by Gasteiger charge is 2.26. The zero-order valence-electron chi connectivity index (χ0n) is 15.0. The summed E-state index contributed by atoms with van der Waals surface area (Å²) in [6.45, 7) is 6.85. The molecule has 1 N–H and O–H groups in total. The van der Waals surface area contributed by atoms with E-state index in [1.54, 1.807) is 0 Å². The van der Waals surface area contributed by atoms with Crippen LogP contribution in [-0.2, 0) is 4.79 Å². The number of hydrogen-bond donors (Lipinski definition) is 1. The van der Waals surface area contributed by atoms with E-state index in [9.17, 15) is 4.79 Å². The van der Waals surface area contributed by atoms with Gasteiger partial charge in [-0.2, -0.15) is 0 Å². The van der Waals surface area contributed by atoms with Crippen molar-refractivity contribution in [2.24, 2.45) is 5.41 Å². The molecule has 0 spiro atoms. The smallest absolute Gasteiger partial charge is 0.328 e. The van der Waals surface area contributed by atoms with Crippen molar-refractivity contribution in [1.29, 1.82) is 0 Å². The second-order valence-electron chi connectivity index (χ2n) is 7.34. The molecular weight excluding hydrogens is 312 g/mol. The third kappa shape index (κ3) is 3.76. The van der Waals surface area contributed by atoms with E-state index >= 15 is 0 Å². The molecule has 0 saturated heterocycles. The van der Waals surface area contributed by atoms with E-state index in [0.29, 0.717) is 5.76 Å². The van der Waals surface area contributed by atoms with Crippen molar-refractivity contribution in [1.82, 2.24) is 0 Å². The summed E-state index contributed by atoms with van der Waals surface area (Å²) < 4.78 is 5.72. The highest BCUT2D eigenvalue weighted by Crippen LogP contribution is 2.41. The summed E-state index contributed by atoms with van der Waals surface area (Å²) in [5.74, 6) is -0.436. The first-order valence-electron chi connectivity index (χ1n) is 8.69. The molecule has 1 aliphatic rings. The Bertz CT molecular complexity index is 891. The molecule has 0 atom stereocenters. The molecule has 3 heteroatoms. The van der Waals surface area contributed by atoms with Gasteiger partial charge in [-0.05, 0) is 60.9 Å². The summed E-state index contributed by atoms with van der Waals surface area (Å²) in [4.78, 5) is 10.7. The largest absolute Gasteiger partial charge is 0.478 e. The van der Waals surface area contributed by atoms with Crippen LogP contribution in [0.15, 0.2) is 52.0 Å². The highest BCUT2D eigenvalue weighted by atomic mass is 16.4. The van der Waals surface area contributed by atoms with Gasteiger partial charge >= 0.3 is 5.97 Å². The second-order valence-corrected chi connectivity index (χ2v) is 7.34. The molecule has 3 rings (SSSR count). The topological polar surface area (TPSA) is 50.4 Å². The normalized spacial score (nSPS) is 17.9. The fourth-order valence-corrected chi connectivity index (χ4v) is 3.67. The van der Waals surface area contributed by atoms with Crippen molar-refractivity contribution in [3.05, 3.63) is 58.9 Å². The molecule has 0 radical (unpaired) electrons. The van der Waals surface area contributed by atoms with Crippen LogP contribution in [-0.4, -0.2) is 11.1 Å². The fraction of sp³-hybridized carbons (Fsp3) is 0.318. The Morgan fingerprint density at radius 1 is 1.24 bits per heavy atom. The van der Waals surface area contributed by atoms with Crippen LogP contribution in [0.1, 0.15) is 51.4 Å². The van der Waals surface area contributed by atoms with Crippen molar-refractivity contribution in [2.75, 3.05) is 0 Å². The van der Waals surface area contributed by atoms with Crippen molar-refractivity contribution in [3.8, 4) is 0 Å². The van der Waals surface area contributed by atoms with Crippen LogP contribution >= 0.6 is 0 Å². The van der Waals surface area contributed by atoms with E-state index < -0.39 is 5.97 Å². The van der Waals surface area contributed by atoms with Crippen molar-refractivity contribution >= 4 is 29.1 Å². The quantitative estimate of drug-likeness (QED) is 0.689. The molecule has 0 saturated carbocycles. The van der Waals surface area contributed by atoms with E-state index in [-0.39, 0.29) is 5.41 Å². The molecule has 0 aliphatic heterocycles. The number of carboxylic acid groups (broad SMARTS) is 1. The average Bonchev–Trinajstić information content (AvgIpc) is 2.95. The van der Waals surface area contributed by atoms with Crippen LogP contribution in [0.2, 0.25) is 0 Å². The zero-order chi connectivity index (χ0) is 18.0. The van der Waals surface area contributed by atoms with Gasteiger partial charge in [-0.3, -0.25) is 0 Å². The maximum absolute atomic E-state index is 10.7. The van der Waals surface area contributed by atoms with Gasteiger partial charge in [0.05, 0.1) is 0 Å². The van der Waals surface area contributed by atoms with Gasteiger partial charge in [0.1, 0.15) is 11.3 Å². The summed E-state index contributed by atoms with van der Waals surface area (Å²) in [6, 6.07) is 7.82. The zero-order valence-corrected chi connectivity index (χ0v) is 15.0. The summed E-state index contributed by atoms with van der Waals surface area (Å²) in [5.41, 5.74) is 4.94. The predicted molar refractivity (Wildman–Crippen MR) is 102 cm³/mol. The van der Waals surface area contributed by atoms with E-state index in [2.05, 4.69) is 39.0 Å². The van der Waals surface area contributed by atoms with Gasteiger partial charge in [0.2, 0.25) is 0 Å². The van der Waals surface area contributed by atoms with Gasteiger partial charge < -0.3 is 9.52 Å². The van der Waals surface area contributed by atoms with Crippen molar-refractivity contribution in [3.63, 3.8) is 0 Å². The number of carbonyl (C=O) groups is 1. The van der Waals surface area contributed by atoms with E-state index in [1.807, 2.05) is 18.2 Å². The first-order valence-corrected chi connectivity index (χ1v) is 8.69. The lowest BCUT2D eigenvalue weighted by atomic mass is 9.72. The van der Waals surface area contributed by atoms with Crippen LogP contribution in [0.4, 0.5) is 0 Å². The number of carboxylic acids is 1. The molecule has 0 unspecified atom stereocenters. The first kappa shape index (κ1) is 17.3. The molecule has 0 bridgehead atoms. The van der Waals surface area contributed by atoms with Gasteiger partial charge in [0.25, 0.3) is 0 Å². The van der Waals surface area contributed by atoms with Gasteiger partial charge in [-0.25, -0.2) is 4.79 Å². The van der Waals surface area contributed by atoms with Gasteiger partial charge in [-0.1, -0.05) is 43.7 Å². The van der Waals surface area contributed by atoms with Crippen LogP contribution in [0.3, 0.4) is 0 Å². The molecule has 1 heterocycles. The van der Waals surface area contributed by atoms with Crippen LogP contribution in [0.25, 0.3) is 23.1 Å². The number of fused-ring (bicyclic) bond motifs is 1. The Balaban J connectivity index is 1.97. The Morgan fingerprint density at radius 3 is 2.76 bits per heavy atom. The Labute approximate surface area is 148 Å². The minimum Gasteiger partial charge on any atom is -0.478 e. The number of hydrogen-bond acceptors (Lipinski definition) is 2. The summed E-state index contributed by atoms with van der Waals surface area (Å²) in [6.07, 6.45) is 10.6. The number of furan rings is 1. The molecule has 3 nitrogen and oxygen atoms in total. The molecule has 2 aromatic rings. The monoisotopic (exact) mass is 336 g/mol. The minimum absolute atomic E-state index is 0.207. The van der Waals surface area contributed by atoms with E-state index in [1.165, 1.54) is 36.5 Å². The number of aliphatic carboxylic acids is 1. The number of rotatable bonds is 4. The standard InChI is InChI=1S/C22H24O3/c1-15-6-5-13-22(2,3)19(15)11-9-16-7-4-8-20-18(16)14-17(25-20)10-12-21(23)24/h4,7-12,14H,5-6,13H2,1-3H3,(H,23,24). The lowest BCUT2D eigenvalue weighted by Gasteiger charge is -2.32. The number of allylic oxidation sites excluding steroid dienone is 3. The third-order valence-electron chi connectivity index (χ3n) is 4.98. The van der Waals surface area contributed by atoms with Gasteiger partial charge in [0, 0.05) is 11.5 Å². The molecule has 1 aliphatic carbocycles. The maximum Gasteiger partial charge on any atom is 0.328 e. The summed E-state index contributed by atoms with van der Waals surface area (Å²) >= 11 is 0. The molecule has 1 aromatic heterocycles. The van der Waals surface area contributed by atoms with E-state index in [4.69, 9.17) is 9.52 Å². The van der Waals surface area contributed by atoms with Crippen molar-refractivity contribution < 1.29 is 14.3 Å². The SMILES string of the molecule is CC1=C(C=Cc2cccc3oc(C=CC(=O)O)cc23)C(C)(C)CCC1. The van der Waals surface area contributed by atoms with Crippen molar-refractivity contribution in [2.45, 2.75) is 40.0 Å². The third-order valence-corrected chi connectivity index (χ3v) is 4.98. The highest BCUT2D eigenvalue weighted by molar-refractivity contribution is 5.90. The molecule has 130 valence electrons. The van der Waals surface area contributed by atoms with Gasteiger partial charge in [0.15, 0.2) is 0 Å². The van der Waals surface area contributed by atoms with Crippen LogP contribution in [0, 0.1) is 5.41 Å². The Morgan fingerprint density at radius 2 is 2.04 bits per heavy atom. The molecule has 25 heavy (non-hydrogen) atoms. The maximum atomic E-state index is 10.7. The Hall–Kier alpha value is -2.55. The molecular formula is C22H24O3. The summed E-state index contributed by atoms with van der Waals surface area (Å²) in [5, 5.41) is 9.76. The lowest BCUT2D eigenvalue weighted by molar-refractivity contribution is -0.131. The minimum atomic E-state index is -0.984. The fourth-order valence-electron chi connectivity index (χ4n) is 3.67. The molecule has 0 fully saturated rings. The average molecular weight is 336 g/mol. The predicted octanol–water partition coefficient (Wildman–Crippen LogP) is 6.07. The second kappa shape index (κ2) is 6.75. The lowest BCUT2D eigenvalue weighted by Crippen LogP contribution is -2.18. The number of benzene rings is 1. The Kier molecular flexibility index (Phi) is 4.67. The summed E-state index contributed by atoms with van der Waals surface area (Å²) in [7, 11) is 0. The van der Waals surface area contributed by atoms with E-state index in [0.717, 1.165) is 22.6 Å². The molecule has 1 aromatic carbocycles.